The first-order valence-corrected chi connectivity index (χ1v) is 14.4. The normalized spacial score (nSPS) is 11.5. The number of hydrogen-bond donors (Lipinski definition) is 1. The van der Waals surface area contributed by atoms with Crippen LogP contribution < -0.4 is 9.47 Å². The van der Waals surface area contributed by atoms with Gasteiger partial charge in [0.1, 0.15) is 12.4 Å². The van der Waals surface area contributed by atoms with Crippen molar-refractivity contribution < 1.29 is 28.9 Å². The molecule has 0 saturated carbocycles. The Morgan fingerprint density at radius 3 is 2.36 bits per heavy atom. The fourth-order valence-electron chi connectivity index (χ4n) is 3.73. The zero-order valence-electron chi connectivity index (χ0n) is 22.0. The Balaban J connectivity index is 1.51. The molecule has 9 heteroatoms. The first kappa shape index (κ1) is 30.3. The highest BCUT2D eigenvalue weighted by Crippen LogP contribution is 2.24. The van der Waals surface area contributed by atoms with Crippen LogP contribution in [0.4, 0.5) is 4.79 Å². The Morgan fingerprint density at radius 1 is 0.949 bits per heavy atom. The summed E-state index contributed by atoms with van der Waals surface area (Å²) >= 11 is 8.00. The van der Waals surface area contributed by atoms with Gasteiger partial charge < -0.3 is 24.2 Å². The van der Waals surface area contributed by atoms with Crippen molar-refractivity contribution in [3.05, 3.63) is 95.0 Å². The highest BCUT2D eigenvalue weighted by molar-refractivity contribution is 7.98. The Morgan fingerprint density at radius 2 is 1.67 bits per heavy atom. The molecule has 7 nitrogen and oxygen atoms in total. The first-order chi connectivity index (χ1) is 19.0. The molecule has 0 saturated heterocycles. The number of nitrogens with zero attached hydrogens (tertiary/aromatic N) is 1. The molecule has 0 spiro atoms. The van der Waals surface area contributed by atoms with E-state index in [9.17, 15) is 14.7 Å². The molecule has 1 amide bonds. The Hall–Kier alpha value is -3.20. The van der Waals surface area contributed by atoms with Crippen LogP contribution >= 0.6 is 23.4 Å². The number of carboxylic acids is 1. The quantitative estimate of drug-likeness (QED) is 0.194. The molecular formula is C30H34ClNO6S. The molecule has 3 rings (SSSR count). The number of benzene rings is 3. The van der Waals surface area contributed by atoms with Gasteiger partial charge in [-0.1, -0.05) is 66.2 Å². The molecule has 3 aromatic rings. The molecule has 0 radical (unpaired) electrons. The van der Waals surface area contributed by atoms with Gasteiger partial charge in [-0.15, -0.1) is 0 Å². The van der Waals surface area contributed by atoms with Crippen molar-refractivity contribution in [1.82, 2.24) is 4.90 Å². The van der Waals surface area contributed by atoms with Gasteiger partial charge in [0.2, 0.25) is 0 Å². The summed E-state index contributed by atoms with van der Waals surface area (Å²) in [4.78, 5) is 25.9. The number of carbonyl (C=O) groups is 2. The Kier molecular flexibility index (Phi) is 13.0. The second-order valence-electron chi connectivity index (χ2n) is 8.66. The Labute approximate surface area is 239 Å². The van der Waals surface area contributed by atoms with E-state index in [1.54, 1.807) is 48.2 Å². The summed E-state index contributed by atoms with van der Waals surface area (Å²) in [6.45, 7) is 3.22. The van der Waals surface area contributed by atoms with Crippen LogP contribution in [0.5, 0.6) is 11.5 Å². The summed E-state index contributed by atoms with van der Waals surface area (Å²) in [6.07, 6.45) is -0.294. The average Bonchev–Trinajstić information content (AvgIpc) is 2.94. The monoisotopic (exact) mass is 571 g/mol. The van der Waals surface area contributed by atoms with E-state index in [4.69, 9.17) is 25.8 Å². The van der Waals surface area contributed by atoms with Crippen LogP contribution in [0.15, 0.2) is 78.9 Å². The molecule has 0 bridgehead atoms. The molecule has 0 aliphatic carbocycles. The predicted molar refractivity (Wildman–Crippen MR) is 155 cm³/mol. The summed E-state index contributed by atoms with van der Waals surface area (Å²) in [6, 6.07) is 24.4. The zero-order chi connectivity index (χ0) is 27.9. The van der Waals surface area contributed by atoms with E-state index in [0.29, 0.717) is 36.2 Å². The maximum atomic E-state index is 13.0. The van der Waals surface area contributed by atoms with Crippen LogP contribution in [0.2, 0.25) is 5.02 Å². The number of carboxylic acid groups (broad SMARTS) is 1. The van der Waals surface area contributed by atoms with Crippen molar-refractivity contribution in [2.45, 2.75) is 31.6 Å². The molecule has 208 valence electrons. The van der Waals surface area contributed by atoms with Gasteiger partial charge in [-0.25, -0.2) is 9.59 Å². The minimum Gasteiger partial charge on any atom is -0.492 e. The minimum atomic E-state index is -0.987. The van der Waals surface area contributed by atoms with E-state index in [2.05, 4.69) is 12.1 Å². The number of amides is 1. The van der Waals surface area contributed by atoms with Gasteiger partial charge in [0.05, 0.1) is 11.6 Å². The third-order valence-corrected chi connectivity index (χ3v) is 7.17. The van der Waals surface area contributed by atoms with Gasteiger partial charge in [-0.05, 0) is 54.5 Å². The van der Waals surface area contributed by atoms with Crippen LogP contribution in [0.3, 0.4) is 0 Å². The fraction of sp³-hybridized carbons (Fsp3) is 0.333. The lowest BCUT2D eigenvalue weighted by molar-refractivity contribution is -0.149. The van der Waals surface area contributed by atoms with Gasteiger partial charge in [0.25, 0.3) is 0 Å². The van der Waals surface area contributed by atoms with Gasteiger partial charge in [-0.2, -0.15) is 11.8 Å². The van der Waals surface area contributed by atoms with Crippen molar-refractivity contribution in [2.24, 2.45) is 0 Å². The number of hydrogen-bond acceptors (Lipinski definition) is 6. The topological polar surface area (TPSA) is 85.3 Å². The van der Waals surface area contributed by atoms with E-state index in [-0.39, 0.29) is 13.0 Å². The van der Waals surface area contributed by atoms with Crippen LogP contribution in [-0.4, -0.2) is 60.2 Å². The lowest BCUT2D eigenvalue weighted by atomic mass is 10.1. The highest BCUT2D eigenvalue weighted by atomic mass is 35.5. The molecule has 0 aliphatic rings. The average molecular weight is 572 g/mol. The number of rotatable bonds is 16. The van der Waals surface area contributed by atoms with Gasteiger partial charge in [-0.3, -0.25) is 0 Å². The third kappa shape index (κ3) is 10.8. The van der Waals surface area contributed by atoms with Crippen molar-refractivity contribution in [3.63, 3.8) is 0 Å². The third-order valence-electron chi connectivity index (χ3n) is 5.74. The molecule has 39 heavy (non-hydrogen) atoms. The SMILES string of the molecule is CCOC(Cc1ccc(OCCN(CCCSCc2ccccc2)C(=O)Oc2ccccc2Cl)cc1)C(=O)O. The molecule has 1 N–H and O–H groups in total. The van der Waals surface area contributed by atoms with E-state index >= 15 is 0 Å². The van der Waals surface area contributed by atoms with Gasteiger partial charge >= 0.3 is 12.1 Å². The molecule has 1 atom stereocenters. The summed E-state index contributed by atoms with van der Waals surface area (Å²) in [5, 5.41) is 9.65. The predicted octanol–water partition coefficient (Wildman–Crippen LogP) is 6.58. The fourth-order valence-corrected chi connectivity index (χ4v) is 4.81. The van der Waals surface area contributed by atoms with E-state index < -0.39 is 18.2 Å². The largest absolute Gasteiger partial charge is 0.492 e. The van der Waals surface area contributed by atoms with E-state index in [1.165, 1.54) is 5.56 Å². The van der Waals surface area contributed by atoms with E-state index in [1.807, 2.05) is 42.1 Å². The van der Waals surface area contributed by atoms with Gasteiger partial charge in [0, 0.05) is 25.3 Å². The summed E-state index contributed by atoms with van der Waals surface area (Å²) in [5.41, 5.74) is 2.11. The lowest BCUT2D eigenvalue weighted by Crippen LogP contribution is -2.37. The van der Waals surface area contributed by atoms with Crippen LogP contribution in [0, 0.1) is 0 Å². The second-order valence-corrected chi connectivity index (χ2v) is 10.2. The molecule has 0 aliphatic heterocycles. The van der Waals surface area contributed by atoms with Gasteiger partial charge in [0.15, 0.2) is 11.9 Å². The minimum absolute atomic E-state index is 0.269. The maximum Gasteiger partial charge on any atom is 0.415 e. The highest BCUT2D eigenvalue weighted by Gasteiger charge is 2.19. The van der Waals surface area contributed by atoms with Crippen LogP contribution in [0.1, 0.15) is 24.5 Å². The molecule has 0 fully saturated rings. The number of carbonyl (C=O) groups excluding carboxylic acids is 1. The molecule has 1 unspecified atom stereocenters. The smallest absolute Gasteiger partial charge is 0.415 e. The standard InChI is InChI=1S/C30H34ClNO6S/c1-2-36-28(29(33)34)21-23-13-15-25(16-14-23)37-19-18-32(30(35)38-27-12-7-6-11-26(27)31)17-8-20-39-22-24-9-4-3-5-10-24/h3-7,9-16,28H,2,8,17-22H2,1H3,(H,33,34). The van der Waals surface area contributed by atoms with Crippen molar-refractivity contribution in [2.75, 3.05) is 32.1 Å². The van der Waals surface area contributed by atoms with Crippen molar-refractivity contribution in [3.8, 4) is 11.5 Å². The number of aliphatic carboxylic acids is 1. The van der Waals surface area contributed by atoms with E-state index in [0.717, 1.165) is 23.5 Å². The number of thioether (sulfide) groups is 1. The molecular weight excluding hydrogens is 538 g/mol. The number of para-hydroxylation sites is 1. The zero-order valence-corrected chi connectivity index (χ0v) is 23.5. The number of ether oxygens (including phenoxy) is 3. The number of halogens is 1. The molecule has 3 aromatic carbocycles. The summed E-state index contributed by atoms with van der Waals surface area (Å²) < 4.78 is 16.7. The lowest BCUT2D eigenvalue weighted by Gasteiger charge is -2.22. The maximum absolute atomic E-state index is 13.0. The second kappa shape index (κ2) is 16.7. The molecule has 0 heterocycles. The first-order valence-electron chi connectivity index (χ1n) is 12.9. The summed E-state index contributed by atoms with van der Waals surface area (Å²) in [5.74, 6) is 1.77. The van der Waals surface area contributed by atoms with Crippen LogP contribution in [0.25, 0.3) is 0 Å². The summed E-state index contributed by atoms with van der Waals surface area (Å²) in [7, 11) is 0. The van der Waals surface area contributed by atoms with Crippen molar-refractivity contribution in [1.29, 1.82) is 0 Å². The van der Waals surface area contributed by atoms with Crippen LogP contribution in [-0.2, 0) is 21.7 Å². The Bertz CT molecular complexity index is 1160. The van der Waals surface area contributed by atoms with Crippen molar-refractivity contribution >= 4 is 35.4 Å². The molecule has 0 aromatic heterocycles.